The number of halogens is 2. The van der Waals surface area contributed by atoms with E-state index in [9.17, 15) is 13.9 Å². The minimum atomic E-state index is -1.09. The fraction of sp³-hybridized carbons (Fsp3) is 0.143. The fourth-order valence-corrected chi connectivity index (χ4v) is 2.41. The van der Waals surface area contributed by atoms with Crippen LogP contribution in [-0.4, -0.2) is 11.4 Å². The SMILES string of the molecule is CSc1ccccc1C(O)c1ccc(F)cc1F. The summed E-state index contributed by atoms with van der Waals surface area (Å²) in [5, 5.41) is 10.2. The Morgan fingerprint density at radius 1 is 1.06 bits per heavy atom. The van der Waals surface area contributed by atoms with E-state index >= 15 is 0 Å². The number of benzene rings is 2. The van der Waals surface area contributed by atoms with Crippen molar-refractivity contribution in [2.45, 2.75) is 11.0 Å². The van der Waals surface area contributed by atoms with Crippen molar-refractivity contribution in [3.63, 3.8) is 0 Å². The molecule has 94 valence electrons. The number of rotatable bonds is 3. The quantitative estimate of drug-likeness (QED) is 0.853. The summed E-state index contributed by atoms with van der Waals surface area (Å²) in [4.78, 5) is 0.869. The molecule has 0 fully saturated rings. The van der Waals surface area contributed by atoms with Gasteiger partial charge in [-0.1, -0.05) is 24.3 Å². The van der Waals surface area contributed by atoms with E-state index in [1.165, 1.54) is 17.8 Å². The molecule has 2 aromatic rings. The number of hydrogen-bond donors (Lipinski definition) is 1. The highest BCUT2D eigenvalue weighted by Gasteiger charge is 2.17. The number of aliphatic hydroxyl groups is 1. The van der Waals surface area contributed by atoms with Gasteiger partial charge in [0.1, 0.15) is 17.7 Å². The molecule has 0 aliphatic carbocycles. The molecule has 0 spiro atoms. The summed E-state index contributed by atoms with van der Waals surface area (Å²) in [5.74, 6) is -1.39. The van der Waals surface area contributed by atoms with Crippen LogP contribution in [0.1, 0.15) is 17.2 Å². The van der Waals surface area contributed by atoms with Crippen molar-refractivity contribution in [3.8, 4) is 0 Å². The van der Waals surface area contributed by atoms with E-state index in [0.717, 1.165) is 17.0 Å². The van der Waals surface area contributed by atoms with Crippen LogP contribution in [0.5, 0.6) is 0 Å². The summed E-state index contributed by atoms with van der Waals surface area (Å²) < 4.78 is 26.4. The second-order valence-corrected chi connectivity index (χ2v) is 4.66. The minimum absolute atomic E-state index is 0.0814. The van der Waals surface area contributed by atoms with Crippen LogP contribution in [0.3, 0.4) is 0 Å². The van der Waals surface area contributed by atoms with Gasteiger partial charge in [-0.05, 0) is 24.0 Å². The van der Waals surface area contributed by atoms with Crippen LogP contribution in [0.25, 0.3) is 0 Å². The molecule has 0 amide bonds. The highest BCUT2D eigenvalue weighted by molar-refractivity contribution is 7.98. The predicted molar refractivity (Wildman–Crippen MR) is 68.6 cm³/mol. The summed E-state index contributed by atoms with van der Waals surface area (Å²) >= 11 is 1.47. The molecular weight excluding hydrogens is 254 g/mol. The maximum absolute atomic E-state index is 13.6. The Balaban J connectivity index is 2.44. The van der Waals surface area contributed by atoms with E-state index in [1.54, 1.807) is 12.1 Å². The molecule has 1 nitrogen and oxygen atoms in total. The summed E-state index contributed by atoms with van der Waals surface area (Å²) in [5.41, 5.74) is 0.702. The van der Waals surface area contributed by atoms with Gasteiger partial charge in [0.25, 0.3) is 0 Å². The van der Waals surface area contributed by atoms with Crippen LogP contribution in [0, 0.1) is 11.6 Å². The van der Waals surface area contributed by atoms with Gasteiger partial charge in [0.05, 0.1) is 0 Å². The van der Waals surface area contributed by atoms with E-state index in [4.69, 9.17) is 0 Å². The van der Waals surface area contributed by atoms with E-state index in [-0.39, 0.29) is 5.56 Å². The van der Waals surface area contributed by atoms with Crippen molar-refractivity contribution in [2.24, 2.45) is 0 Å². The van der Waals surface area contributed by atoms with Crippen LogP contribution in [0.15, 0.2) is 47.4 Å². The zero-order valence-electron chi connectivity index (χ0n) is 9.73. The van der Waals surface area contributed by atoms with Crippen molar-refractivity contribution in [1.29, 1.82) is 0 Å². The molecule has 1 N–H and O–H groups in total. The normalized spacial score (nSPS) is 12.4. The highest BCUT2D eigenvalue weighted by atomic mass is 32.2. The number of aliphatic hydroxyl groups excluding tert-OH is 1. The Hall–Kier alpha value is -1.39. The van der Waals surface area contributed by atoms with Crippen LogP contribution in [0.4, 0.5) is 8.78 Å². The molecule has 0 aromatic heterocycles. The van der Waals surface area contributed by atoms with Crippen LogP contribution in [-0.2, 0) is 0 Å². The largest absolute Gasteiger partial charge is 0.384 e. The van der Waals surface area contributed by atoms with Gasteiger partial charge in [0, 0.05) is 16.5 Å². The Bertz CT molecular complexity index is 557. The third-order valence-corrected chi connectivity index (χ3v) is 3.50. The minimum Gasteiger partial charge on any atom is -0.384 e. The molecule has 2 rings (SSSR count). The Kier molecular flexibility index (Phi) is 3.99. The molecule has 4 heteroatoms. The fourth-order valence-electron chi connectivity index (χ4n) is 1.78. The Labute approximate surface area is 108 Å². The summed E-state index contributed by atoms with van der Waals surface area (Å²) in [6.07, 6.45) is 0.793. The third kappa shape index (κ3) is 2.54. The molecule has 2 aromatic carbocycles. The predicted octanol–water partition coefficient (Wildman–Crippen LogP) is 3.77. The summed E-state index contributed by atoms with van der Waals surface area (Å²) in [6.45, 7) is 0. The first-order valence-electron chi connectivity index (χ1n) is 5.39. The van der Waals surface area contributed by atoms with Gasteiger partial charge in [-0.15, -0.1) is 11.8 Å². The molecule has 0 radical (unpaired) electrons. The smallest absolute Gasteiger partial charge is 0.132 e. The molecule has 0 saturated heterocycles. The zero-order chi connectivity index (χ0) is 13.1. The molecule has 0 heterocycles. The van der Waals surface area contributed by atoms with Crippen molar-refractivity contribution in [3.05, 3.63) is 65.2 Å². The number of thioether (sulfide) groups is 1. The van der Waals surface area contributed by atoms with E-state index in [2.05, 4.69) is 0 Å². The second-order valence-electron chi connectivity index (χ2n) is 3.81. The van der Waals surface area contributed by atoms with E-state index < -0.39 is 17.7 Å². The highest BCUT2D eigenvalue weighted by Crippen LogP contribution is 2.31. The van der Waals surface area contributed by atoms with Gasteiger partial charge in [-0.3, -0.25) is 0 Å². The molecular formula is C14H12F2OS. The second kappa shape index (κ2) is 5.50. The molecule has 0 bridgehead atoms. The lowest BCUT2D eigenvalue weighted by molar-refractivity contribution is 0.212. The Morgan fingerprint density at radius 2 is 1.78 bits per heavy atom. The van der Waals surface area contributed by atoms with Gasteiger partial charge in [-0.25, -0.2) is 8.78 Å². The van der Waals surface area contributed by atoms with Crippen LogP contribution < -0.4 is 0 Å². The zero-order valence-corrected chi connectivity index (χ0v) is 10.5. The van der Waals surface area contributed by atoms with Gasteiger partial charge in [0.15, 0.2) is 0 Å². The van der Waals surface area contributed by atoms with E-state index in [0.29, 0.717) is 5.56 Å². The van der Waals surface area contributed by atoms with Crippen LogP contribution >= 0.6 is 11.8 Å². The van der Waals surface area contributed by atoms with Crippen molar-refractivity contribution in [2.75, 3.05) is 6.26 Å². The standard InChI is InChI=1S/C14H12F2OS/c1-18-13-5-3-2-4-11(13)14(17)10-7-6-9(15)8-12(10)16/h2-8,14,17H,1H3. The number of hydrogen-bond acceptors (Lipinski definition) is 2. The van der Waals surface area contributed by atoms with Crippen molar-refractivity contribution < 1.29 is 13.9 Å². The summed E-state index contributed by atoms with van der Waals surface area (Å²) in [7, 11) is 0. The molecule has 1 atom stereocenters. The molecule has 0 aliphatic rings. The van der Waals surface area contributed by atoms with Gasteiger partial charge >= 0.3 is 0 Å². The average molecular weight is 266 g/mol. The van der Waals surface area contributed by atoms with Gasteiger partial charge < -0.3 is 5.11 Å². The maximum Gasteiger partial charge on any atom is 0.132 e. The topological polar surface area (TPSA) is 20.2 Å². The Morgan fingerprint density at radius 3 is 2.44 bits per heavy atom. The lowest BCUT2D eigenvalue weighted by atomic mass is 10.0. The maximum atomic E-state index is 13.6. The molecule has 0 aliphatic heterocycles. The molecule has 1 unspecified atom stereocenters. The van der Waals surface area contributed by atoms with Gasteiger partial charge in [-0.2, -0.15) is 0 Å². The lowest BCUT2D eigenvalue weighted by Crippen LogP contribution is -2.04. The van der Waals surface area contributed by atoms with E-state index in [1.807, 2.05) is 18.4 Å². The van der Waals surface area contributed by atoms with Crippen LogP contribution in [0.2, 0.25) is 0 Å². The molecule has 0 saturated carbocycles. The first kappa shape index (κ1) is 13.1. The first-order valence-corrected chi connectivity index (χ1v) is 6.62. The monoisotopic (exact) mass is 266 g/mol. The van der Waals surface area contributed by atoms with Gasteiger partial charge in [0.2, 0.25) is 0 Å². The first-order chi connectivity index (χ1) is 8.63. The van der Waals surface area contributed by atoms with Crippen molar-refractivity contribution in [1.82, 2.24) is 0 Å². The molecule has 18 heavy (non-hydrogen) atoms. The lowest BCUT2D eigenvalue weighted by Gasteiger charge is -2.15. The third-order valence-electron chi connectivity index (χ3n) is 2.69. The van der Waals surface area contributed by atoms with Crippen molar-refractivity contribution >= 4 is 11.8 Å². The average Bonchev–Trinajstić information content (AvgIpc) is 2.38. The summed E-state index contributed by atoms with van der Waals surface area (Å²) in [6, 6.07) is 10.4.